The van der Waals surface area contributed by atoms with Gasteiger partial charge < -0.3 is 4.98 Å². The van der Waals surface area contributed by atoms with Gasteiger partial charge in [0.25, 0.3) is 0 Å². The molecule has 4 aromatic rings. The molecule has 0 atom stereocenters. The van der Waals surface area contributed by atoms with E-state index in [0.717, 1.165) is 22.6 Å². The molecule has 0 aliphatic carbocycles. The first-order valence-electron chi connectivity index (χ1n) is 8.05. The molecular weight excluding hydrogens is 498 g/mol. The molecule has 131 valence electrons. The summed E-state index contributed by atoms with van der Waals surface area (Å²) in [6.45, 7) is 2.05. The molecule has 0 N–H and O–H groups in total. The third-order valence-electron chi connectivity index (χ3n) is 3.50. The van der Waals surface area contributed by atoms with Crippen LogP contribution in [0.4, 0.5) is 0 Å². The maximum absolute atomic E-state index is 4.25. The zero-order valence-electron chi connectivity index (χ0n) is 14.3. The first-order valence-corrected chi connectivity index (χ1v) is 8.05. The van der Waals surface area contributed by atoms with Crippen molar-refractivity contribution in [3.63, 3.8) is 0 Å². The fraction of sp³-hybridized carbons (Fsp3) is 0.0455. The van der Waals surface area contributed by atoms with Crippen LogP contribution in [0.15, 0.2) is 91.4 Å². The van der Waals surface area contributed by atoms with Crippen molar-refractivity contribution in [2.45, 2.75) is 6.92 Å². The molecule has 1 radical (unpaired) electrons. The first kappa shape index (κ1) is 19.6. The molecule has 4 rings (SSSR count). The van der Waals surface area contributed by atoms with Gasteiger partial charge in [-0.15, -0.1) is 35.4 Å². The van der Waals surface area contributed by atoms with E-state index in [1.165, 1.54) is 5.56 Å². The van der Waals surface area contributed by atoms with Crippen molar-refractivity contribution in [2.24, 2.45) is 0 Å². The van der Waals surface area contributed by atoms with Crippen LogP contribution in [0.25, 0.3) is 22.6 Å². The van der Waals surface area contributed by atoms with E-state index in [-0.39, 0.29) is 20.1 Å². The predicted octanol–water partition coefficient (Wildman–Crippen LogP) is 5.00. The summed E-state index contributed by atoms with van der Waals surface area (Å²) >= 11 is 0. The number of hydrogen-bond donors (Lipinski definition) is 0. The average Bonchev–Trinajstić information content (AvgIpc) is 2.71. The van der Waals surface area contributed by atoms with Gasteiger partial charge in [0, 0.05) is 38.7 Å². The molecule has 3 aromatic heterocycles. The molecule has 0 aliphatic rings. The summed E-state index contributed by atoms with van der Waals surface area (Å²) in [7, 11) is 0. The Kier molecular flexibility index (Phi) is 7.81. The van der Waals surface area contributed by atoms with Gasteiger partial charge >= 0.3 is 0 Å². The second kappa shape index (κ2) is 10.3. The van der Waals surface area contributed by atoms with E-state index in [4.69, 9.17) is 0 Å². The van der Waals surface area contributed by atoms with Crippen LogP contribution in [0.2, 0.25) is 0 Å². The van der Waals surface area contributed by atoms with Crippen molar-refractivity contribution in [1.29, 1.82) is 0 Å². The Morgan fingerprint density at radius 1 is 0.615 bits per heavy atom. The van der Waals surface area contributed by atoms with Crippen molar-refractivity contribution in [1.82, 2.24) is 15.0 Å². The maximum Gasteiger partial charge on any atom is 0.0886 e. The molecule has 0 unspecified atom stereocenters. The van der Waals surface area contributed by atoms with E-state index in [2.05, 4.69) is 34.0 Å². The van der Waals surface area contributed by atoms with E-state index in [0.29, 0.717) is 0 Å². The van der Waals surface area contributed by atoms with Crippen LogP contribution in [0.1, 0.15) is 5.56 Å². The molecule has 0 spiro atoms. The summed E-state index contributed by atoms with van der Waals surface area (Å²) in [5.74, 6) is 0. The van der Waals surface area contributed by atoms with Gasteiger partial charge in [0.1, 0.15) is 0 Å². The Morgan fingerprint density at radius 3 is 1.50 bits per heavy atom. The summed E-state index contributed by atoms with van der Waals surface area (Å²) in [6, 6.07) is 26.8. The third-order valence-corrected chi connectivity index (χ3v) is 3.50. The minimum atomic E-state index is 0. The van der Waals surface area contributed by atoms with Crippen molar-refractivity contribution < 1.29 is 20.1 Å². The zero-order chi connectivity index (χ0) is 17.3. The van der Waals surface area contributed by atoms with Gasteiger partial charge in [-0.1, -0.05) is 31.2 Å². The van der Waals surface area contributed by atoms with Crippen LogP contribution in [0, 0.1) is 13.0 Å². The van der Waals surface area contributed by atoms with Gasteiger partial charge in [0.05, 0.1) is 11.4 Å². The first-order chi connectivity index (χ1) is 12.3. The molecule has 0 amide bonds. The van der Waals surface area contributed by atoms with Crippen molar-refractivity contribution >= 4 is 0 Å². The molecule has 0 bridgehead atoms. The van der Waals surface area contributed by atoms with Crippen LogP contribution in [-0.2, 0) is 20.1 Å². The number of nitrogens with zero attached hydrogens (tertiary/aromatic N) is 3. The molecule has 0 saturated carbocycles. The normalized spacial score (nSPS) is 9.42. The second-order valence-electron chi connectivity index (χ2n) is 5.42. The average molecular weight is 517 g/mol. The summed E-state index contributed by atoms with van der Waals surface area (Å²) in [4.78, 5) is 12.6. The third kappa shape index (κ3) is 5.69. The zero-order valence-corrected chi connectivity index (χ0v) is 16.7. The minimum absolute atomic E-state index is 0. The van der Waals surface area contributed by atoms with E-state index >= 15 is 0 Å². The monoisotopic (exact) mass is 517 g/mol. The number of hydrogen-bond acceptors (Lipinski definition) is 3. The van der Waals surface area contributed by atoms with E-state index < -0.39 is 0 Å². The molecule has 26 heavy (non-hydrogen) atoms. The van der Waals surface area contributed by atoms with Gasteiger partial charge in [0.15, 0.2) is 0 Å². The Morgan fingerprint density at radius 2 is 1.12 bits per heavy atom. The fourth-order valence-corrected chi connectivity index (χ4v) is 2.21. The Bertz CT molecular complexity index is 843. The quantitative estimate of drug-likeness (QED) is 0.352. The smallest absolute Gasteiger partial charge is 0.0886 e. The molecule has 1 aromatic carbocycles. The molecule has 4 heteroatoms. The van der Waals surface area contributed by atoms with Crippen LogP contribution in [0.5, 0.6) is 0 Å². The van der Waals surface area contributed by atoms with E-state index in [9.17, 15) is 0 Å². The molecule has 0 saturated heterocycles. The maximum atomic E-state index is 4.25. The van der Waals surface area contributed by atoms with Gasteiger partial charge in [0.2, 0.25) is 0 Å². The Labute approximate surface area is 167 Å². The minimum Gasteiger partial charge on any atom is -0.305 e. The summed E-state index contributed by atoms with van der Waals surface area (Å²) in [6.07, 6.45) is 5.33. The molecule has 0 fully saturated rings. The van der Waals surface area contributed by atoms with Gasteiger partial charge in [-0.3, -0.25) is 9.97 Å². The standard InChI is InChI=1S/C12H10N.C10H8N2.Ir/c1-10-5-7-11(8-6-10)12-4-2-3-9-13-12;1-3-7-11-9(5-1)10-6-2-4-8-12-10;/h2-7,9H,1H3;1-8H;/q-1;;. The molecule has 3 nitrogen and oxygen atoms in total. The van der Waals surface area contributed by atoms with Gasteiger partial charge in [-0.05, 0) is 36.0 Å². The number of rotatable bonds is 2. The van der Waals surface area contributed by atoms with Crippen LogP contribution < -0.4 is 0 Å². The number of aryl methyl sites for hydroxylation is 1. The summed E-state index contributed by atoms with van der Waals surface area (Å²) in [5.41, 5.74) is 5.07. The Balaban J connectivity index is 0.000000180. The van der Waals surface area contributed by atoms with Crippen molar-refractivity contribution in [3.05, 3.63) is 103 Å². The molecular formula is C22H18IrN3-. The number of aromatic nitrogens is 3. The predicted molar refractivity (Wildman–Crippen MR) is 101 cm³/mol. The second-order valence-corrected chi connectivity index (χ2v) is 5.42. The van der Waals surface area contributed by atoms with Gasteiger partial charge in [-0.25, -0.2) is 0 Å². The van der Waals surface area contributed by atoms with E-state index in [1.54, 1.807) is 18.6 Å². The largest absolute Gasteiger partial charge is 0.305 e. The Hall–Kier alpha value is -2.68. The van der Waals surface area contributed by atoms with Crippen LogP contribution >= 0.6 is 0 Å². The van der Waals surface area contributed by atoms with Crippen molar-refractivity contribution in [2.75, 3.05) is 0 Å². The fourth-order valence-electron chi connectivity index (χ4n) is 2.21. The van der Waals surface area contributed by atoms with Gasteiger partial charge in [-0.2, -0.15) is 0 Å². The number of pyridine rings is 3. The SMILES string of the molecule is Cc1c[c-]c(-c2ccccn2)cc1.[Ir].c1ccc(-c2ccccn2)nc1. The summed E-state index contributed by atoms with van der Waals surface area (Å²) < 4.78 is 0. The number of benzene rings is 1. The van der Waals surface area contributed by atoms with Crippen LogP contribution in [-0.4, -0.2) is 15.0 Å². The van der Waals surface area contributed by atoms with E-state index in [1.807, 2.05) is 66.7 Å². The summed E-state index contributed by atoms with van der Waals surface area (Å²) in [5, 5.41) is 0. The molecule has 3 heterocycles. The van der Waals surface area contributed by atoms with Crippen LogP contribution in [0.3, 0.4) is 0 Å². The molecule has 0 aliphatic heterocycles. The van der Waals surface area contributed by atoms with Crippen molar-refractivity contribution in [3.8, 4) is 22.6 Å². The topological polar surface area (TPSA) is 38.7 Å².